The number of benzene rings is 3. The van der Waals surface area contributed by atoms with Crippen LogP contribution in [0, 0.1) is 0 Å². The van der Waals surface area contributed by atoms with Crippen LogP contribution in [0.2, 0.25) is 0 Å². The number of ether oxygens (including phenoxy) is 3. The summed E-state index contributed by atoms with van der Waals surface area (Å²) in [5.41, 5.74) is 1.26. The average molecular weight is 420 g/mol. The van der Waals surface area contributed by atoms with E-state index in [9.17, 15) is 9.59 Å². The highest BCUT2D eigenvalue weighted by Gasteiger charge is 2.18. The zero-order chi connectivity index (χ0) is 22.2. The van der Waals surface area contributed by atoms with E-state index >= 15 is 0 Å². The fourth-order valence-corrected chi connectivity index (χ4v) is 2.89. The number of amides is 2. The van der Waals surface area contributed by atoms with Gasteiger partial charge in [-0.05, 0) is 61.0 Å². The Bertz CT molecular complexity index is 1040. The van der Waals surface area contributed by atoms with E-state index in [2.05, 4.69) is 10.6 Å². The van der Waals surface area contributed by atoms with Crippen molar-refractivity contribution in [3.8, 4) is 23.0 Å². The van der Waals surface area contributed by atoms with Crippen LogP contribution < -0.4 is 24.8 Å². The van der Waals surface area contributed by atoms with Crippen molar-refractivity contribution in [1.82, 2.24) is 5.32 Å². The molecule has 160 valence electrons. The van der Waals surface area contributed by atoms with Crippen molar-refractivity contribution in [1.29, 1.82) is 0 Å². The maximum absolute atomic E-state index is 12.3. The van der Waals surface area contributed by atoms with Gasteiger partial charge in [-0.3, -0.25) is 9.59 Å². The van der Waals surface area contributed by atoms with Crippen LogP contribution in [0.25, 0.3) is 0 Å². The minimum atomic E-state index is -0.760. The second kappa shape index (κ2) is 10.2. The fourth-order valence-electron chi connectivity index (χ4n) is 2.89. The third-order valence-corrected chi connectivity index (χ3v) is 4.55. The lowest BCUT2D eigenvalue weighted by Crippen LogP contribution is -2.36. The smallest absolute Gasteiger partial charge is 0.313 e. The summed E-state index contributed by atoms with van der Waals surface area (Å²) in [6.45, 7) is 1.78. The number of carbonyl (C=O) groups excluding carboxylic acids is 2. The summed E-state index contributed by atoms with van der Waals surface area (Å²) in [6, 6.07) is 21.0. The van der Waals surface area contributed by atoms with Gasteiger partial charge < -0.3 is 24.8 Å². The van der Waals surface area contributed by atoms with Gasteiger partial charge in [-0.15, -0.1) is 0 Å². The van der Waals surface area contributed by atoms with Crippen LogP contribution in [0.1, 0.15) is 18.5 Å². The largest absolute Gasteiger partial charge is 0.493 e. The lowest BCUT2D eigenvalue weighted by molar-refractivity contribution is -0.136. The SMILES string of the molecule is COc1ccc(C(C)NC(=O)C(=O)Nc2ccc(Oc3ccccc3)cc2)cc1OC. The van der Waals surface area contributed by atoms with Crippen molar-refractivity contribution < 1.29 is 23.8 Å². The molecule has 3 aromatic carbocycles. The number of rotatable bonds is 7. The molecule has 1 unspecified atom stereocenters. The van der Waals surface area contributed by atoms with Gasteiger partial charge in [0.25, 0.3) is 0 Å². The topological polar surface area (TPSA) is 85.9 Å². The summed E-state index contributed by atoms with van der Waals surface area (Å²) < 4.78 is 16.2. The van der Waals surface area contributed by atoms with E-state index in [4.69, 9.17) is 14.2 Å². The normalized spacial score (nSPS) is 11.2. The van der Waals surface area contributed by atoms with E-state index in [0.29, 0.717) is 28.7 Å². The first-order chi connectivity index (χ1) is 15.0. The predicted molar refractivity (Wildman–Crippen MR) is 118 cm³/mol. The second-order valence-electron chi connectivity index (χ2n) is 6.70. The van der Waals surface area contributed by atoms with Gasteiger partial charge in [0.2, 0.25) is 0 Å². The first-order valence-electron chi connectivity index (χ1n) is 9.67. The van der Waals surface area contributed by atoms with Crippen molar-refractivity contribution in [2.75, 3.05) is 19.5 Å². The number of anilines is 1. The van der Waals surface area contributed by atoms with Gasteiger partial charge in [0.1, 0.15) is 11.5 Å². The van der Waals surface area contributed by atoms with E-state index in [1.807, 2.05) is 30.3 Å². The number of hydrogen-bond donors (Lipinski definition) is 2. The summed E-state index contributed by atoms with van der Waals surface area (Å²) >= 11 is 0. The highest BCUT2D eigenvalue weighted by atomic mass is 16.5. The van der Waals surface area contributed by atoms with Crippen LogP contribution >= 0.6 is 0 Å². The summed E-state index contributed by atoms with van der Waals surface area (Å²) in [5, 5.41) is 5.26. The number of hydrogen-bond acceptors (Lipinski definition) is 5. The summed E-state index contributed by atoms with van der Waals surface area (Å²) in [6.07, 6.45) is 0. The number of carbonyl (C=O) groups is 2. The lowest BCUT2D eigenvalue weighted by Gasteiger charge is -2.16. The predicted octanol–water partition coefficient (Wildman–Crippen LogP) is 4.31. The molecular weight excluding hydrogens is 396 g/mol. The molecule has 0 aromatic heterocycles. The number of nitrogens with one attached hydrogen (secondary N) is 2. The van der Waals surface area contributed by atoms with E-state index in [1.54, 1.807) is 56.5 Å². The van der Waals surface area contributed by atoms with Gasteiger partial charge in [0.15, 0.2) is 11.5 Å². The van der Waals surface area contributed by atoms with Gasteiger partial charge >= 0.3 is 11.8 Å². The number of methoxy groups -OCH3 is 2. The van der Waals surface area contributed by atoms with Crippen LogP contribution in [-0.2, 0) is 9.59 Å². The Morgan fingerprint density at radius 1 is 0.774 bits per heavy atom. The molecule has 0 spiro atoms. The van der Waals surface area contributed by atoms with Gasteiger partial charge in [-0.1, -0.05) is 24.3 Å². The Labute approximate surface area is 180 Å². The zero-order valence-corrected chi connectivity index (χ0v) is 17.5. The standard InChI is InChI=1S/C24H24N2O5/c1-16(17-9-14-21(29-2)22(15-17)30-3)25-23(27)24(28)26-18-10-12-20(13-11-18)31-19-7-5-4-6-8-19/h4-16H,1-3H3,(H,25,27)(H,26,28). The van der Waals surface area contributed by atoms with Crippen LogP contribution in [-0.4, -0.2) is 26.0 Å². The molecule has 31 heavy (non-hydrogen) atoms. The van der Waals surface area contributed by atoms with E-state index < -0.39 is 17.9 Å². The molecule has 3 aromatic rings. The molecule has 0 aliphatic carbocycles. The summed E-state index contributed by atoms with van der Waals surface area (Å²) in [5.74, 6) is 0.958. The Morgan fingerprint density at radius 3 is 2.06 bits per heavy atom. The van der Waals surface area contributed by atoms with Crippen LogP contribution in [0.4, 0.5) is 5.69 Å². The third-order valence-electron chi connectivity index (χ3n) is 4.55. The van der Waals surface area contributed by atoms with E-state index in [1.165, 1.54) is 7.11 Å². The molecule has 7 heteroatoms. The maximum Gasteiger partial charge on any atom is 0.313 e. The van der Waals surface area contributed by atoms with E-state index in [-0.39, 0.29) is 0 Å². The Hall–Kier alpha value is -4.00. The van der Waals surface area contributed by atoms with Crippen molar-refractivity contribution in [2.24, 2.45) is 0 Å². The molecule has 0 aliphatic rings. The molecular formula is C24H24N2O5. The summed E-state index contributed by atoms with van der Waals surface area (Å²) in [7, 11) is 3.09. The minimum Gasteiger partial charge on any atom is -0.493 e. The molecule has 0 saturated heterocycles. The van der Waals surface area contributed by atoms with Crippen molar-refractivity contribution >= 4 is 17.5 Å². The molecule has 3 rings (SSSR count). The number of para-hydroxylation sites is 1. The van der Waals surface area contributed by atoms with Crippen molar-refractivity contribution in [3.05, 3.63) is 78.4 Å². The molecule has 0 heterocycles. The molecule has 2 amide bonds. The lowest BCUT2D eigenvalue weighted by atomic mass is 10.1. The second-order valence-corrected chi connectivity index (χ2v) is 6.70. The minimum absolute atomic E-state index is 0.403. The average Bonchev–Trinajstić information content (AvgIpc) is 2.80. The highest BCUT2D eigenvalue weighted by Crippen LogP contribution is 2.30. The molecule has 0 bridgehead atoms. The van der Waals surface area contributed by atoms with Gasteiger partial charge in [-0.2, -0.15) is 0 Å². The van der Waals surface area contributed by atoms with Crippen molar-refractivity contribution in [2.45, 2.75) is 13.0 Å². The first kappa shape index (κ1) is 21.7. The van der Waals surface area contributed by atoms with E-state index in [0.717, 1.165) is 5.56 Å². The molecule has 0 aliphatic heterocycles. The highest BCUT2D eigenvalue weighted by molar-refractivity contribution is 6.39. The van der Waals surface area contributed by atoms with Gasteiger partial charge in [-0.25, -0.2) is 0 Å². The monoisotopic (exact) mass is 420 g/mol. The van der Waals surface area contributed by atoms with Gasteiger partial charge in [0.05, 0.1) is 20.3 Å². The molecule has 0 radical (unpaired) electrons. The first-order valence-corrected chi connectivity index (χ1v) is 9.67. The third kappa shape index (κ3) is 5.76. The Kier molecular flexibility index (Phi) is 7.11. The Balaban J connectivity index is 1.57. The maximum atomic E-state index is 12.3. The molecule has 2 N–H and O–H groups in total. The van der Waals surface area contributed by atoms with Crippen LogP contribution in [0.5, 0.6) is 23.0 Å². The Morgan fingerprint density at radius 2 is 1.42 bits per heavy atom. The quantitative estimate of drug-likeness (QED) is 0.556. The molecule has 7 nitrogen and oxygen atoms in total. The zero-order valence-electron chi connectivity index (χ0n) is 17.5. The van der Waals surface area contributed by atoms with Crippen LogP contribution in [0.15, 0.2) is 72.8 Å². The molecule has 0 fully saturated rings. The fraction of sp³-hybridized carbons (Fsp3) is 0.167. The molecule has 1 atom stereocenters. The van der Waals surface area contributed by atoms with Gasteiger partial charge in [0, 0.05) is 5.69 Å². The molecule has 0 saturated carbocycles. The van der Waals surface area contributed by atoms with Crippen molar-refractivity contribution in [3.63, 3.8) is 0 Å². The van der Waals surface area contributed by atoms with Crippen LogP contribution in [0.3, 0.4) is 0 Å². The summed E-state index contributed by atoms with van der Waals surface area (Å²) in [4.78, 5) is 24.6.